The quantitative estimate of drug-likeness (QED) is 0.387. The zero-order valence-corrected chi connectivity index (χ0v) is 21.8. The van der Waals surface area contributed by atoms with Gasteiger partial charge in [-0.3, -0.25) is 19.2 Å². The van der Waals surface area contributed by atoms with Gasteiger partial charge < -0.3 is 30.4 Å². The molecule has 2 saturated heterocycles. The summed E-state index contributed by atoms with van der Waals surface area (Å²) in [6.45, 7) is -0.0626. The van der Waals surface area contributed by atoms with Crippen molar-refractivity contribution in [1.29, 1.82) is 0 Å². The third-order valence-corrected chi connectivity index (χ3v) is 8.44. The Bertz CT molecular complexity index is 1340. The number of ketones is 1. The SMILES string of the molecule is COc1cc(C(F)(F)F)cc2[nH]c(C(=O)N3C[C@@H]4CCC[C@@H]4[C@H]3C(=O)NC(C[C@@H]3CCNC3=O)C(=O)CO)cc12. The molecule has 1 aliphatic carbocycles. The molecule has 40 heavy (non-hydrogen) atoms. The predicted octanol–water partition coefficient (Wildman–Crippen LogP) is 2.01. The number of fused-ring (bicyclic) bond motifs is 2. The smallest absolute Gasteiger partial charge is 0.416 e. The van der Waals surface area contributed by atoms with Gasteiger partial charge in [0.25, 0.3) is 5.91 Å². The minimum absolute atomic E-state index is 0.0102. The largest absolute Gasteiger partial charge is 0.496 e. The molecule has 5 atom stereocenters. The molecule has 2 aliphatic heterocycles. The highest BCUT2D eigenvalue weighted by atomic mass is 19.4. The molecule has 1 aromatic carbocycles. The van der Waals surface area contributed by atoms with Crippen LogP contribution in [0.5, 0.6) is 5.75 Å². The van der Waals surface area contributed by atoms with Crippen molar-refractivity contribution >= 4 is 34.4 Å². The van der Waals surface area contributed by atoms with Crippen molar-refractivity contribution in [3.05, 3.63) is 29.5 Å². The fourth-order valence-corrected chi connectivity index (χ4v) is 6.45. The number of nitrogens with zero attached hydrogens (tertiary/aromatic N) is 1. The maximum Gasteiger partial charge on any atom is 0.416 e. The number of alkyl halides is 3. The molecule has 216 valence electrons. The van der Waals surface area contributed by atoms with E-state index >= 15 is 0 Å². The average Bonchev–Trinajstić information content (AvgIpc) is 3.70. The minimum atomic E-state index is -4.62. The normalized spacial score (nSPS) is 25.1. The molecule has 1 saturated carbocycles. The first-order valence-corrected chi connectivity index (χ1v) is 13.3. The van der Waals surface area contributed by atoms with Crippen molar-refractivity contribution in [1.82, 2.24) is 20.5 Å². The van der Waals surface area contributed by atoms with Crippen LogP contribution in [0.4, 0.5) is 13.2 Å². The third-order valence-electron chi connectivity index (χ3n) is 8.44. The first-order chi connectivity index (χ1) is 19.0. The second-order valence-corrected chi connectivity index (χ2v) is 10.8. The second kappa shape index (κ2) is 10.8. The number of aliphatic hydroxyl groups excluding tert-OH is 1. The van der Waals surface area contributed by atoms with Crippen LogP contribution in [-0.2, 0) is 20.6 Å². The number of likely N-dealkylation sites (tertiary alicyclic amines) is 1. The van der Waals surface area contributed by atoms with Gasteiger partial charge in [0.05, 0.1) is 24.2 Å². The molecule has 0 bridgehead atoms. The van der Waals surface area contributed by atoms with Crippen molar-refractivity contribution in [2.75, 3.05) is 26.8 Å². The number of methoxy groups -OCH3 is 1. The summed E-state index contributed by atoms with van der Waals surface area (Å²) in [7, 11) is 1.24. The number of Topliss-reactive ketones (excluding diaryl/α,β-unsaturated/α-hetero) is 1. The summed E-state index contributed by atoms with van der Waals surface area (Å²) < 4.78 is 45.4. The number of carbonyl (C=O) groups excluding carboxylic acids is 4. The van der Waals surface area contributed by atoms with Crippen LogP contribution in [0.25, 0.3) is 10.9 Å². The van der Waals surface area contributed by atoms with Crippen LogP contribution in [-0.4, -0.2) is 77.4 Å². The molecule has 3 fully saturated rings. The Kier molecular flexibility index (Phi) is 7.51. The fourth-order valence-electron chi connectivity index (χ4n) is 6.45. The minimum Gasteiger partial charge on any atom is -0.496 e. The van der Waals surface area contributed by atoms with E-state index in [0.29, 0.717) is 24.8 Å². The van der Waals surface area contributed by atoms with Crippen molar-refractivity contribution in [3.63, 3.8) is 0 Å². The molecule has 1 aromatic heterocycles. The van der Waals surface area contributed by atoms with Crippen LogP contribution in [0.1, 0.15) is 48.2 Å². The van der Waals surface area contributed by atoms with Gasteiger partial charge in [-0.1, -0.05) is 6.42 Å². The van der Waals surface area contributed by atoms with Crippen molar-refractivity contribution < 1.29 is 42.2 Å². The predicted molar refractivity (Wildman–Crippen MR) is 135 cm³/mol. The molecule has 1 unspecified atom stereocenters. The zero-order chi connectivity index (χ0) is 28.8. The first-order valence-electron chi connectivity index (χ1n) is 13.3. The van der Waals surface area contributed by atoms with Gasteiger partial charge in [0.1, 0.15) is 24.1 Å². The maximum absolute atomic E-state index is 13.7. The molecular formula is C27H31F3N4O6. The summed E-state index contributed by atoms with van der Waals surface area (Å²) in [4.78, 5) is 56.2. The van der Waals surface area contributed by atoms with Gasteiger partial charge in [-0.2, -0.15) is 13.2 Å². The zero-order valence-electron chi connectivity index (χ0n) is 21.8. The number of carbonyl (C=O) groups is 4. The first kappa shape index (κ1) is 27.9. The van der Waals surface area contributed by atoms with E-state index in [2.05, 4.69) is 15.6 Å². The lowest BCUT2D eigenvalue weighted by Crippen LogP contribution is -2.53. The van der Waals surface area contributed by atoms with E-state index in [4.69, 9.17) is 4.74 Å². The molecule has 3 amide bonds. The standard InChI is InChI=1S/C27H31F3N4O6/c1-40-22-9-15(27(28,29)30)8-18-17(22)10-20(32-18)26(39)34-11-14-3-2-4-16(14)23(34)25(38)33-19(21(36)12-35)7-13-5-6-31-24(13)37/h8-10,13-14,16,19,23,32,35H,2-7,11-12H2,1H3,(H,31,37)(H,33,38)/t13-,14-,16-,19?,23-/m0/s1. The summed E-state index contributed by atoms with van der Waals surface area (Å²) in [5.41, 5.74) is -0.851. The molecule has 5 rings (SSSR count). The van der Waals surface area contributed by atoms with Crippen molar-refractivity contribution in [2.24, 2.45) is 17.8 Å². The van der Waals surface area contributed by atoms with Gasteiger partial charge in [0.2, 0.25) is 11.8 Å². The molecule has 0 radical (unpaired) electrons. The monoisotopic (exact) mass is 564 g/mol. The number of amides is 3. The van der Waals surface area contributed by atoms with Crippen molar-refractivity contribution in [3.8, 4) is 5.75 Å². The Hall–Kier alpha value is -3.61. The number of aromatic amines is 1. The Morgan fingerprint density at radius 1 is 1.20 bits per heavy atom. The van der Waals surface area contributed by atoms with Gasteiger partial charge in [-0.05, 0) is 55.7 Å². The fraction of sp³-hybridized carbons (Fsp3) is 0.556. The lowest BCUT2D eigenvalue weighted by molar-refractivity contribution is -0.137. The molecule has 13 heteroatoms. The number of aliphatic hydroxyl groups is 1. The number of ether oxygens (including phenoxy) is 1. The number of rotatable bonds is 8. The number of nitrogens with one attached hydrogen (secondary N) is 3. The second-order valence-electron chi connectivity index (χ2n) is 10.8. The van der Waals surface area contributed by atoms with E-state index in [1.54, 1.807) is 0 Å². The van der Waals surface area contributed by atoms with Crippen LogP contribution in [0.2, 0.25) is 0 Å². The van der Waals surface area contributed by atoms with E-state index < -0.39 is 53.9 Å². The highest BCUT2D eigenvalue weighted by molar-refractivity contribution is 6.02. The molecule has 2 aromatic rings. The van der Waals surface area contributed by atoms with Crippen LogP contribution in [0.3, 0.4) is 0 Å². The van der Waals surface area contributed by atoms with E-state index in [1.807, 2.05) is 0 Å². The molecule has 3 aliphatic rings. The molecule has 3 heterocycles. The molecule has 10 nitrogen and oxygen atoms in total. The van der Waals surface area contributed by atoms with E-state index in [0.717, 1.165) is 25.0 Å². The summed E-state index contributed by atoms with van der Waals surface area (Å²) in [6, 6.07) is 1.18. The molecular weight excluding hydrogens is 533 g/mol. The summed E-state index contributed by atoms with van der Waals surface area (Å²) >= 11 is 0. The topological polar surface area (TPSA) is 141 Å². The van der Waals surface area contributed by atoms with Gasteiger partial charge >= 0.3 is 6.18 Å². The third kappa shape index (κ3) is 5.14. The Morgan fingerprint density at radius 2 is 1.98 bits per heavy atom. The lowest BCUT2D eigenvalue weighted by atomic mass is 9.92. The number of benzene rings is 1. The summed E-state index contributed by atoms with van der Waals surface area (Å²) in [6.07, 6.45) is -1.68. The van der Waals surface area contributed by atoms with Gasteiger partial charge in [-0.25, -0.2) is 0 Å². The van der Waals surface area contributed by atoms with Crippen LogP contribution in [0.15, 0.2) is 18.2 Å². The summed E-state index contributed by atoms with van der Waals surface area (Å²) in [5, 5.41) is 15.2. The number of hydrogen-bond acceptors (Lipinski definition) is 6. The summed E-state index contributed by atoms with van der Waals surface area (Å²) in [5.74, 6) is -2.58. The Labute approximate surface area is 227 Å². The molecule has 4 N–H and O–H groups in total. The Balaban J connectivity index is 1.42. The maximum atomic E-state index is 13.7. The number of H-pyrrole nitrogens is 1. The van der Waals surface area contributed by atoms with Crippen LogP contribution >= 0.6 is 0 Å². The van der Waals surface area contributed by atoms with E-state index in [1.165, 1.54) is 18.1 Å². The molecule has 0 spiro atoms. The highest BCUT2D eigenvalue weighted by Gasteiger charge is 2.50. The Morgan fingerprint density at radius 3 is 2.62 bits per heavy atom. The lowest BCUT2D eigenvalue weighted by Gasteiger charge is -2.29. The van der Waals surface area contributed by atoms with Gasteiger partial charge in [0.15, 0.2) is 5.78 Å². The van der Waals surface area contributed by atoms with Gasteiger partial charge in [0, 0.05) is 24.4 Å². The van der Waals surface area contributed by atoms with Crippen molar-refractivity contribution in [2.45, 2.75) is 50.4 Å². The van der Waals surface area contributed by atoms with E-state index in [9.17, 15) is 37.5 Å². The van der Waals surface area contributed by atoms with E-state index in [-0.39, 0.29) is 47.7 Å². The number of halogens is 3. The van der Waals surface area contributed by atoms with Gasteiger partial charge in [-0.15, -0.1) is 0 Å². The number of aromatic nitrogens is 1. The highest BCUT2D eigenvalue weighted by Crippen LogP contribution is 2.43. The average molecular weight is 565 g/mol. The number of hydrogen-bond donors (Lipinski definition) is 4. The van der Waals surface area contributed by atoms with Crippen LogP contribution < -0.4 is 15.4 Å². The van der Waals surface area contributed by atoms with Crippen LogP contribution in [0, 0.1) is 17.8 Å².